The number of aliphatic hydroxyl groups excluding tert-OH is 1. The second kappa shape index (κ2) is 1.88. The van der Waals surface area contributed by atoms with Crippen molar-refractivity contribution in [3.8, 4) is 0 Å². The molecule has 2 aliphatic carbocycles. The Balaban J connectivity index is 2.03. The Labute approximate surface area is 72.9 Å². The summed E-state index contributed by atoms with van der Waals surface area (Å²) in [6, 6.07) is 0. The van der Waals surface area contributed by atoms with Gasteiger partial charge in [-0.15, -0.1) is 0 Å². The quantitative estimate of drug-likeness (QED) is 0.553. The van der Waals surface area contributed by atoms with Crippen LogP contribution in [0.5, 0.6) is 0 Å². The summed E-state index contributed by atoms with van der Waals surface area (Å²) in [7, 11) is 0. The van der Waals surface area contributed by atoms with Crippen LogP contribution in [0.25, 0.3) is 0 Å². The third kappa shape index (κ3) is 0.612. The second-order valence-electron chi connectivity index (χ2n) is 5.01. The monoisotopic (exact) mass is 168 g/mol. The number of hydrogen-bond donors (Lipinski definition) is 1. The molecule has 1 N–H and O–H groups in total. The highest BCUT2D eigenvalue weighted by Gasteiger charge is 2.70. The fraction of sp³-hybridized carbons (Fsp3) is 1.00. The molecular weight excluding hydrogens is 152 g/mol. The minimum absolute atomic E-state index is 0.0833. The van der Waals surface area contributed by atoms with E-state index < -0.39 is 0 Å². The van der Waals surface area contributed by atoms with Crippen LogP contribution in [0.3, 0.4) is 0 Å². The van der Waals surface area contributed by atoms with E-state index in [1.165, 1.54) is 19.3 Å². The van der Waals surface area contributed by atoms with Crippen molar-refractivity contribution < 1.29 is 9.84 Å². The lowest BCUT2D eigenvalue weighted by Gasteiger charge is -2.35. The van der Waals surface area contributed by atoms with Crippen molar-refractivity contribution in [2.24, 2.45) is 11.3 Å². The molecule has 2 nitrogen and oxygen atoms in total. The van der Waals surface area contributed by atoms with Gasteiger partial charge in [0.1, 0.15) is 5.60 Å². The molecule has 1 heterocycles. The van der Waals surface area contributed by atoms with E-state index in [4.69, 9.17) is 4.74 Å². The summed E-state index contributed by atoms with van der Waals surface area (Å²) in [6.45, 7) is 3.20. The minimum Gasteiger partial charge on any atom is -0.393 e. The Morgan fingerprint density at radius 3 is 2.75 bits per heavy atom. The van der Waals surface area contributed by atoms with Crippen molar-refractivity contribution in [1.82, 2.24) is 0 Å². The van der Waals surface area contributed by atoms with Crippen LogP contribution in [-0.4, -0.2) is 23.4 Å². The first kappa shape index (κ1) is 7.34. The molecule has 68 valence electrons. The van der Waals surface area contributed by atoms with Gasteiger partial charge >= 0.3 is 0 Å². The van der Waals surface area contributed by atoms with Crippen molar-refractivity contribution in [3.05, 3.63) is 0 Å². The first-order chi connectivity index (χ1) is 5.68. The molecule has 0 radical (unpaired) electrons. The highest BCUT2D eigenvalue weighted by atomic mass is 16.6. The SMILES string of the molecule is C[C@@]12CCCC([C@@H](O)C1)[C@]21CO1. The molecule has 1 aliphatic heterocycles. The van der Waals surface area contributed by atoms with Crippen molar-refractivity contribution in [2.45, 2.75) is 44.3 Å². The van der Waals surface area contributed by atoms with E-state index in [-0.39, 0.29) is 11.7 Å². The number of ether oxygens (including phenoxy) is 1. The molecule has 1 saturated heterocycles. The van der Waals surface area contributed by atoms with Crippen molar-refractivity contribution >= 4 is 0 Å². The predicted octanol–water partition coefficient (Wildman–Crippen LogP) is 1.33. The Kier molecular flexibility index (Phi) is 1.15. The Hall–Kier alpha value is -0.0800. The van der Waals surface area contributed by atoms with Crippen LogP contribution in [0.2, 0.25) is 0 Å². The first-order valence-corrected chi connectivity index (χ1v) is 5.00. The van der Waals surface area contributed by atoms with Gasteiger partial charge in [0.2, 0.25) is 0 Å². The lowest BCUT2D eigenvalue weighted by molar-refractivity contribution is 0.0565. The van der Waals surface area contributed by atoms with Crippen LogP contribution < -0.4 is 0 Å². The van der Waals surface area contributed by atoms with Gasteiger partial charge in [-0.3, -0.25) is 0 Å². The lowest BCUT2D eigenvalue weighted by Crippen LogP contribution is -2.39. The molecule has 12 heavy (non-hydrogen) atoms. The van der Waals surface area contributed by atoms with Gasteiger partial charge in [0, 0.05) is 11.3 Å². The maximum Gasteiger partial charge on any atom is 0.102 e. The maximum absolute atomic E-state index is 9.86. The van der Waals surface area contributed by atoms with Gasteiger partial charge in [0.05, 0.1) is 12.7 Å². The summed E-state index contributed by atoms with van der Waals surface area (Å²) in [5.74, 6) is 0.455. The molecule has 3 rings (SSSR count). The van der Waals surface area contributed by atoms with Crippen molar-refractivity contribution in [3.63, 3.8) is 0 Å². The standard InChI is InChI=1S/C10H16O2/c1-9-4-2-3-7(8(11)5-9)10(9)6-12-10/h7-8,11H,2-6H2,1H3/t7?,8-,9+,10+/m0/s1. The van der Waals surface area contributed by atoms with Gasteiger partial charge in [-0.05, 0) is 19.3 Å². The third-order valence-corrected chi connectivity index (χ3v) is 4.44. The molecular formula is C10H16O2. The van der Waals surface area contributed by atoms with E-state index in [0.29, 0.717) is 11.3 Å². The maximum atomic E-state index is 9.86. The molecule has 1 unspecified atom stereocenters. The van der Waals surface area contributed by atoms with Crippen molar-refractivity contribution in [1.29, 1.82) is 0 Å². The second-order valence-corrected chi connectivity index (χ2v) is 5.01. The van der Waals surface area contributed by atoms with E-state index in [9.17, 15) is 5.11 Å². The zero-order chi connectivity index (χ0) is 8.40. The average molecular weight is 168 g/mol. The molecule has 0 aromatic rings. The Morgan fingerprint density at radius 1 is 1.50 bits per heavy atom. The van der Waals surface area contributed by atoms with E-state index in [1.807, 2.05) is 0 Å². The molecule has 0 aromatic heterocycles. The summed E-state index contributed by atoms with van der Waals surface area (Å²) >= 11 is 0. The topological polar surface area (TPSA) is 32.8 Å². The summed E-state index contributed by atoms with van der Waals surface area (Å²) < 4.78 is 5.64. The molecule has 3 aliphatic rings. The summed E-state index contributed by atoms with van der Waals surface area (Å²) in [4.78, 5) is 0. The lowest BCUT2D eigenvalue weighted by atomic mass is 9.68. The van der Waals surface area contributed by atoms with E-state index in [1.54, 1.807) is 0 Å². The van der Waals surface area contributed by atoms with Crippen LogP contribution in [0.15, 0.2) is 0 Å². The molecule has 0 amide bonds. The van der Waals surface area contributed by atoms with Crippen molar-refractivity contribution in [2.75, 3.05) is 6.61 Å². The predicted molar refractivity (Wildman–Crippen MR) is 44.8 cm³/mol. The normalized spacial score (nSPS) is 62.5. The number of epoxide rings is 1. The smallest absolute Gasteiger partial charge is 0.102 e. The Morgan fingerprint density at radius 2 is 2.25 bits per heavy atom. The van der Waals surface area contributed by atoms with Crippen LogP contribution in [0.1, 0.15) is 32.6 Å². The molecule has 2 saturated carbocycles. The summed E-state index contributed by atoms with van der Waals surface area (Å²) in [5.41, 5.74) is 0.417. The summed E-state index contributed by atoms with van der Waals surface area (Å²) in [6.07, 6.45) is 4.60. The van der Waals surface area contributed by atoms with Gasteiger partial charge in [-0.25, -0.2) is 0 Å². The number of rotatable bonds is 0. The Bertz CT molecular complexity index is 222. The van der Waals surface area contributed by atoms with Gasteiger partial charge in [0.15, 0.2) is 0 Å². The highest BCUT2D eigenvalue weighted by molar-refractivity contribution is 5.19. The third-order valence-electron chi connectivity index (χ3n) is 4.44. The average Bonchev–Trinajstić information content (AvgIpc) is 2.73. The number of hydrogen-bond acceptors (Lipinski definition) is 2. The van der Waals surface area contributed by atoms with Gasteiger partial charge < -0.3 is 9.84 Å². The number of aliphatic hydroxyl groups is 1. The first-order valence-electron chi connectivity index (χ1n) is 5.00. The molecule has 4 atom stereocenters. The largest absolute Gasteiger partial charge is 0.393 e. The fourth-order valence-corrected chi connectivity index (χ4v) is 3.63. The van der Waals surface area contributed by atoms with Gasteiger partial charge in [-0.2, -0.15) is 0 Å². The van der Waals surface area contributed by atoms with Crippen LogP contribution in [0.4, 0.5) is 0 Å². The fourth-order valence-electron chi connectivity index (χ4n) is 3.63. The van der Waals surface area contributed by atoms with E-state index in [0.717, 1.165) is 13.0 Å². The van der Waals surface area contributed by atoms with Gasteiger partial charge in [0.25, 0.3) is 0 Å². The zero-order valence-electron chi connectivity index (χ0n) is 7.55. The highest BCUT2D eigenvalue weighted by Crippen LogP contribution is 2.65. The molecule has 0 aromatic carbocycles. The van der Waals surface area contributed by atoms with Gasteiger partial charge in [-0.1, -0.05) is 13.3 Å². The van der Waals surface area contributed by atoms with E-state index >= 15 is 0 Å². The van der Waals surface area contributed by atoms with Crippen LogP contribution >= 0.6 is 0 Å². The molecule has 2 heteroatoms. The molecule has 1 spiro atoms. The minimum atomic E-state index is -0.0833. The molecule has 3 fully saturated rings. The summed E-state index contributed by atoms with van der Waals surface area (Å²) in [5, 5.41) is 9.86. The van der Waals surface area contributed by atoms with E-state index in [2.05, 4.69) is 6.92 Å². The van der Waals surface area contributed by atoms with Crippen LogP contribution in [0, 0.1) is 11.3 Å². The molecule has 2 bridgehead atoms. The van der Waals surface area contributed by atoms with Crippen LogP contribution in [-0.2, 0) is 4.74 Å². The zero-order valence-corrected chi connectivity index (χ0v) is 7.55.